The van der Waals surface area contributed by atoms with Crippen LogP contribution in [0.1, 0.15) is 31.6 Å². The molecule has 1 aromatic rings. The van der Waals surface area contributed by atoms with E-state index in [0.29, 0.717) is 6.04 Å². The molecule has 4 heteroatoms. The standard InChI is InChI=1S/C14H21NO2S/c1-11(2)14(16)15(10-13-4-3-9-18-13)12-5-7-17-8-6-12/h3-4,9,11-12H,5-8,10H2,1-2H3. The Balaban J connectivity index is 2.08. The zero-order valence-electron chi connectivity index (χ0n) is 11.1. The van der Waals surface area contributed by atoms with E-state index in [0.717, 1.165) is 32.6 Å². The number of hydrogen-bond donors (Lipinski definition) is 0. The molecule has 2 heterocycles. The van der Waals surface area contributed by atoms with Gasteiger partial charge in [-0.15, -0.1) is 11.3 Å². The highest BCUT2D eigenvalue weighted by Crippen LogP contribution is 2.21. The van der Waals surface area contributed by atoms with Gasteiger partial charge in [-0.3, -0.25) is 4.79 Å². The van der Waals surface area contributed by atoms with Crippen LogP contribution >= 0.6 is 11.3 Å². The molecule has 1 aliphatic rings. The van der Waals surface area contributed by atoms with Crippen molar-refractivity contribution < 1.29 is 9.53 Å². The zero-order valence-corrected chi connectivity index (χ0v) is 11.9. The zero-order chi connectivity index (χ0) is 13.0. The van der Waals surface area contributed by atoms with Crippen molar-refractivity contribution in [3.63, 3.8) is 0 Å². The minimum atomic E-state index is 0.0628. The molecule has 100 valence electrons. The molecular weight excluding hydrogens is 246 g/mol. The predicted molar refractivity (Wildman–Crippen MR) is 73.5 cm³/mol. The largest absolute Gasteiger partial charge is 0.381 e. The summed E-state index contributed by atoms with van der Waals surface area (Å²) in [6.07, 6.45) is 1.92. The first-order valence-corrected chi connectivity index (χ1v) is 7.47. The molecule has 1 amide bonds. The summed E-state index contributed by atoms with van der Waals surface area (Å²) in [5, 5.41) is 2.07. The van der Waals surface area contributed by atoms with Gasteiger partial charge < -0.3 is 9.64 Å². The highest BCUT2D eigenvalue weighted by atomic mass is 32.1. The molecule has 0 N–H and O–H groups in total. The number of rotatable bonds is 4. The second-order valence-corrected chi connectivity index (χ2v) is 6.08. The Kier molecular flexibility index (Phi) is 4.78. The maximum absolute atomic E-state index is 12.4. The second-order valence-electron chi connectivity index (χ2n) is 5.04. The topological polar surface area (TPSA) is 29.5 Å². The van der Waals surface area contributed by atoms with E-state index >= 15 is 0 Å². The molecule has 0 atom stereocenters. The average Bonchev–Trinajstić information content (AvgIpc) is 2.89. The van der Waals surface area contributed by atoms with Gasteiger partial charge in [-0.2, -0.15) is 0 Å². The number of ether oxygens (including phenoxy) is 1. The first-order valence-electron chi connectivity index (χ1n) is 6.59. The van der Waals surface area contributed by atoms with Crippen LogP contribution in [0.3, 0.4) is 0 Å². The summed E-state index contributed by atoms with van der Waals surface area (Å²) >= 11 is 1.72. The Morgan fingerprint density at radius 1 is 1.50 bits per heavy atom. The lowest BCUT2D eigenvalue weighted by Gasteiger charge is -2.35. The monoisotopic (exact) mass is 267 g/mol. The highest BCUT2D eigenvalue weighted by Gasteiger charge is 2.27. The van der Waals surface area contributed by atoms with Gasteiger partial charge in [0.2, 0.25) is 5.91 Å². The first-order chi connectivity index (χ1) is 8.68. The van der Waals surface area contributed by atoms with Crippen molar-refractivity contribution >= 4 is 17.2 Å². The van der Waals surface area contributed by atoms with Gasteiger partial charge in [0.15, 0.2) is 0 Å². The third-order valence-electron chi connectivity index (χ3n) is 3.31. The van der Waals surface area contributed by atoms with Crippen molar-refractivity contribution in [2.45, 2.75) is 39.3 Å². The molecule has 0 aromatic carbocycles. The average molecular weight is 267 g/mol. The van der Waals surface area contributed by atoms with Gasteiger partial charge in [0.25, 0.3) is 0 Å². The van der Waals surface area contributed by atoms with Crippen LogP contribution in [0, 0.1) is 5.92 Å². The van der Waals surface area contributed by atoms with Crippen LogP contribution in [0.25, 0.3) is 0 Å². The van der Waals surface area contributed by atoms with Gasteiger partial charge in [-0.05, 0) is 24.3 Å². The fraction of sp³-hybridized carbons (Fsp3) is 0.643. The molecule has 1 fully saturated rings. The summed E-state index contributed by atoms with van der Waals surface area (Å²) in [4.78, 5) is 15.7. The van der Waals surface area contributed by atoms with E-state index in [2.05, 4.69) is 16.3 Å². The van der Waals surface area contributed by atoms with E-state index in [4.69, 9.17) is 4.74 Å². The smallest absolute Gasteiger partial charge is 0.225 e. The minimum Gasteiger partial charge on any atom is -0.381 e. The van der Waals surface area contributed by atoms with Crippen LogP contribution in [-0.2, 0) is 16.1 Å². The van der Waals surface area contributed by atoms with Crippen molar-refractivity contribution in [2.75, 3.05) is 13.2 Å². The third kappa shape index (κ3) is 3.33. The summed E-state index contributed by atoms with van der Waals surface area (Å²) in [5.74, 6) is 0.322. The van der Waals surface area contributed by atoms with E-state index in [-0.39, 0.29) is 11.8 Å². The normalized spacial score (nSPS) is 17.1. The van der Waals surface area contributed by atoms with Crippen LogP contribution < -0.4 is 0 Å². The molecule has 0 unspecified atom stereocenters. The molecule has 3 nitrogen and oxygen atoms in total. The van der Waals surface area contributed by atoms with Crippen molar-refractivity contribution in [3.05, 3.63) is 22.4 Å². The van der Waals surface area contributed by atoms with Crippen molar-refractivity contribution in [1.82, 2.24) is 4.90 Å². The Morgan fingerprint density at radius 3 is 2.78 bits per heavy atom. The second kappa shape index (κ2) is 6.34. The van der Waals surface area contributed by atoms with E-state index in [1.165, 1.54) is 4.88 Å². The lowest BCUT2D eigenvalue weighted by atomic mass is 10.0. The van der Waals surface area contributed by atoms with E-state index in [1.807, 2.05) is 19.9 Å². The molecule has 0 aliphatic carbocycles. The molecule has 0 bridgehead atoms. The van der Waals surface area contributed by atoms with Crippen molar-refractivity contribution in [2.24, 2.45) is 5.92 Å². The number of carbonyl (C=O) groups is 1. The van der Waals surface area contributed by atoms with Gasteiger partial charge in [0.05, 0.1) is 6.54 Å². The molecule has 0 spiro atoms. The maximum Gasteiger partial charge on any atom is 0.225 e. The van der Waals surface area contributed by atoms with Gasteiger partial charge in [0, 0.05) is 30.1 Å². The molecular formula is C14H21NO2S. The fourth-order valence-corrected chi connectivity index (χ4v) is 2.99. The molecule has 18 heavy (non-hydrogen) atoms. The molecule has 1 saturated heterocycles. The van der Waals surface area contributed by atoms with Crippen LogP contribution in [0.4, 0.5) is 0 Å². The first kappa shape index (κ1) is 13.6. The van der Waals surface area contributed by atoms with Gasteiger partial charge in [0.1, 0.15) is 0 Å². The molecule has 1 aliphatic heterocycles. The lowest BCUT2D eigenvalue weighted by molar-refractivity contribution is -0.139. The molecule has 0 radical (unpaired) electrons. The minimum absolute atomic E-state index is 0.0628. The molecule has 2 rings (SSSR count). The summed E-state index contributed by atoms with van der Waals surface area (Å²) in [6.45, 7) is 6.25. The SMILES string of the molecule is CC(C)C(=O)N(Cc1cccs1)C1CCOCC1. The molecule has 1 aromatic heterocycles. The van der Waals surface area contributed by atoms with Crippen LogP contribution in [0.15, 0.2) is 17.5 Å². The summed E-state index contributed by atoms with van der Waals surface area (Å²) in [5.41, 5.74) is 0. The summed E-state index contributed by atoms with van der Waals surface area (Å²) in [7, 11) is 0. The number of nitrogens with zero attached hydrogens (tertiary/aromatic N) is 1. The predicted octanol–water partition coefficient (Wildman–Crippen LogP) is 2.91. The Hall–Kier alpha value is -0.870. The summed E-state index contributed by atoms with van der Waals surface area (Å²) < 4.78 is 5.39. The Labute approximate surface area is 113 Å². The Bertz CT molecular complexity index is 369. The van der Waals surface area contributed by atoms with E-state index < -0.39 is 0 Å². The van der Waals surface area contributed by atoms with Crippen LogP contribution in [-0.4, -0.2) is 30.1 Å². The highest BCUT2D eigenvalue weighted by molar-refractivity contribution is 7.09. The Morgan fingerprint density at radius 2 is 2.22 bits per heavy atom. The number of amides is 1. The lowest BCUT2D eigenvalue weighted by Crippen LogP contribution is -2.44. The van der Waals surface area contributed by atoms with Gasteiger partial charge in [-0.25, -0.2) is 0 Å². The fourth-order valence-electron chi connectivity index (χ4n) is 2.29. The van der Waals surface area contributed by atoms with Crippen molar-refractivity contribution in [3.8, 4) is 0 Å². The quantitative estimate of drug-likeness (QED) is 0.839. The van der Waals surface area contributed by atoms with Gasteiger partial charge in [-0.1, -0.05) is 19.9 Å². The van der Waals surface area contributed by atoms with E-state index in [9.17, 15) is 4.79 Å². The van der Waals surface area contributed by atoms with Crippen molar-refractivity contribution in [1.29, 1.82) is 0 Å². The van der Waals surface area contributed by atoms with Crippen LogP contribution in [0.5, 0.6) is 0 Å². The number of carbonyl (C=O) groups excluding carboxylic acids is 1. The van der Waals surface area contributed by atoms with Gasteiger partial charge >= 0.3 is 0 Å². The summed E-state index contributed by atoms with van der Waals surface area (Å²) in [6, 6.07) is 4.49. The number of thiophene rings is 1. The van der Waals surface area contributed by atoms with Crippen LogP contribution in [0.2, 0.25) is 0 Å². The molecule has 0 saturated carbocycles. The third-order valence-corrected chi connectivity index (χ3v) is 4.18. The maximum atomic E-state index is 12.4. The number of hydrogen-bond acceptors (Lipinski definition) is 3. The van der Waals surface area contributed by atoms with E-state index in [1.54, 1.807) is 11.3 Å².